The van der Waals surface area contributed by atoms with Crippen molar-refractivity contribution in [2.45, 2.75) is 25.0 Å². The van der Waals surface area contributed by atoms with Crippen LogP contribution in [0.15, 0.2) is 55.1 Å². The third-order valence-electron chi connectivity index (χ3n) is 7.55. The molecule has 0 radical (unpaired) electrons. The number of alkyl halides is 1. The van der Waals surface area contributed by atoms with Gasteiger partial charge in [-0.25, -0.2) is 18.9 Å². The Balaban J connectivity index is 1.11. The van der Waals surface area contributed by atoms with Gasteiger partial charge in [0, 0.05) is 61.3 Å². The van der Waals surface area contributed by atoms with Gasteiger partial charge in [-0.2, -0.15) is 5.10 Å². The molecule has 3 aliphatic rings. The Hall–Kier alpha value is -4.25. The molecule has 10 nitrogen and oxygen atoms in total. The molecule has 8 heterocycles. The Labute approximate surface area is 218 Å². The molecule has 0 spiro atoms. The predicted molar refractivity (Wildman–Crippen MR) is 140 cm³/mol. The maximum Gasteiger partial charge on any atom is 0.212 e. The van der Waals surface area contributed by atoms with E-state index in [0.717, 1.165) is 47.5 Å². The zero-order valence-electron chi connectivity index (χ0n) is 20.9. The van der Waals surface area contributed by atoms with Gasteiger partial charge in [-0.15, -0.1) is 5.10 Å². The van der Waals surface area contributed by atoms with Crippen LogP contribution in [-0.4, -0.2) is 80.2 Å². The number of piperazine rings is 1. The smallest absolute Gasteiger partial charge is 0.212 e. The lowest BCUT2D eigenvalue weighted by Crippen LogP contribution is -2.68. The summed E-state index contributed by atoms with van der Waals surface area (Å²) in [6, 6.07) is 11.1. The lowest BCUT2D eigenvalue weighted by molar-refractivity contribution is -0.00876. The van der Waals surface area contributed by atoms with Crippen LogP contribution in [0, 0.1) is 0 Å². The molecule has 0 saturated carbocycles. The standard InChI is InChI=1S/C27H27FN8O2/c1-37-25-5-2-17(10-30-25)13-35-19-8-20(35)15-34(14-19)24-4-3-18(11-29-24)22-9-21(38-7-6-28)16-36-26(22)23-12-31-32-27(23)33-36/h2-5,9-12,16,19-20H,6-8,13-15H2,1H3,(H,32,33). The Bertz CT molecular complexity index is 1570. The van der Waals surface area contributed by atoms with Crippen molar-refractivity contribution >= 4 is 22.4 Å². The van der Waals surface area contributed by atoms with Crippen molar-refractivity contribution in [3.8, 4) is 22.8 Å². The first-order valence-corrected chi connectivity index (χ1v) is 12.7. The summed E-state index contributed by atoms with van der Waals surface area (Å²) in [4.78, 5) is 14.1. The maximum absolute atomic E-state index is 12.8. The van der Waals surface area contributed by atoms with Crippen LogP contribution in [0.3, 0.4) is 0 Å². The number of piperidine rings is 1. The summed E-state index contributed by atoms with van der Waals surface area (Å²) in [6.45, 7) is 2.23. The number of fused-ring (bicyclic) bond motifs is 5. The average molecular weight is 515 g/mol. The van der Waals surface area contributed by atoms with Crippen molar-refractivity contribution in [3.63, 3.8) is 0 Å². The third kappa shape index (κ3) is 3.90. The molecular formula is C27H27FN8O2. The zero-order chi connectivity index (χ0) is 25.6. The van der Waals surface area contributed by atoms with E-state index in [1.165, 1.54) is 12.0 Å². The number of nitrogens with one attached hydrogen (secondary N) is 1. The number of aromatic nitrogens is 6. The molecule has 0 aromatic carbocycles. The number of aromatic amines is 1. The van der Waals surface area contributed by atoms with Gasteiger partial charge < -0.3 is 14.4 Å². The summed E-state index contributed by atoms with van der Waals surface area (Å²) in [5, 5.41) is 12.5. The molecule has 194 valence electrons. The van der Waals surface area contributed by atoms with Crippen molar-refractivity contribution < 1.29 is 13.9 Å². The topological polar surface area (TPSA) is 96.7 Å². The molecule has 2 unspecified atom stereocenters. The molecular weight excluding hydrogens is 487 g/mol. The van der Waals surface area contributed by atoms with Crippen LogP contribution in [0.5, 0.6) is 11.6 Å². The minimum absolute atomic E-state index is 0.00782. The highest BCUT2D eigenvalue weighted by atomic mass is 19.1. The number of rotatable bonds is 8. The summed E-state index contributed by atoms with van der Waals surface area (Å²) in [6.07, 6.45) is 8.53. The van der Waals surface area contributed by atoms with Gasteiger partial charge in [-0.1, -0.05) is 6.07 Å². The quantitative estimate of drug-likeness (QED) is 0.336. The van der Waals surface area contributed by atoms with E-state index >= 15 is 0 Å². The molecule has 0 amide bonds. The van der Waals surface area contributed by atoms with Crippen molar-refractivity contribution in [1.29, 1.82) is 0 Å². The van der Waals surface area contributed by atoms with Crippen molar-refractivity contribution in [2.24, 2.45) is 0 Å². The molecule has 5 aromatic heterocycles. The SMILES string of the molecule is COc1ccc(CN2C3CC2CN(c2ccc(-c4cc(OCCF)cn5nc6[nH]ncc6c45)cn2)C3)cn1. The second kappa shape index (κ2) is 9.25. The molecule has 8 rings (SSSR count). The minimum atomic E-state index is -0.556. The monoisotopic (exact) mass is 514 g/mol. The van der Waals surface area contributed by atoms with Crippen LogP contribution in [0.4, 0.5) is 10.2 Å². The van der Waals surface area contributed by atoms with Gasteiger partial charge in [-0.05, 0) is 30.2 Å². The summed E-state index contributed by atoms with van der Waals surface area (Å²) in [5.41, 5.74) is 4.63. The largest absolute Gasteiger partial charge is 0.489 e. The van der Waals surface area contributed by atoms with Crippen molar-refractivity contribution in [2.75, 3.05) is 38.4 Å². The number of pyridine rings is 3. The van der Waals surface area contributed by atoms with Crippen LogP contribution in [0.2, 0.25) is 0 Å². The van der Waals surface area contributed by atoms with Gasteiger partial charge in [0.05, 0.1) is 30.4 Å². The first kappa shape index (κ1) is 22.9. The normalized spacial score (nSPS) is 19.2. The number of anilines is 1. The molecule has 3 aliphatic heterocycles. The molecule has 11 heteroatoms. The van der Waals surface area contributed by atoms with Gasteiger partial charge in [0.25, 0.3) is 0 Å². The highest BCUT2D eigenvalue weighted by molar-refractivity contribution is 6.00. The number of methoxy groups -OCH3 is 1. The van der Waals surface area contributed by atoms with Gasteiger partial charge in [0.2, 0.25) is 5.88 Å². The van der Waals surface area contributed by atoms with E-state index in [-0.39, 0.29) is 6.61 Å². The van der Waals surface area contributed by atoms with Gasteiger partial charge in [0.15, 0.2) is 5.65 Å². The predicted octanol–water partition coefficient (Wildman–Crippen LogP) is 3.49. The van der Waals surface area contributed by atoms with Crippen LogP contribution in [0.25, 0.3) is 27.7 Å². The Morgan fingerprint density at radius 2 is 1.97 bits per heavy atom. The van der Waals surface area contributed by atoms with Gasteiger partial charge in [0.1, 0.15) is 24.8 Å². The molecule has 0 aliphatic carbocycles. The molecule has 3 fully saturated rings. The van der Waals surface area contributed by atoms with Crippen molar-refractivity contribution in [1.82, 2.24) is 34.7 Å². The second-order valence-electron chi connectivity index (χ2n) is 9.79. The first-order chi connectivity index (χ1) is 18.7. The molecule has 5 aromatic rings. The number of halogens is 1. The Morgan fingerprint density at radius 3 is 2.71 bits per heavy atom. The Morgan fingerprint density at radius 1 is 1.08 bits per heavy atom. The highest BCUT2D eigenvalue weighted by Crippen LogP contribution is 2.37. The van der Waals surface area contributed by atoms with Crippen LogP contribution >= 0.6 is 0 Å². The summed E-state index contributed by atoms with van der Waals surface area (Å²) >= 11 is 0. The fourth-order valence-electron chi connectivity index (χ4n) is 5.70. The van der Waals surface area contributed by atoms with Gasteiger partial charge >= 0.3 is 0 Å². The fourth-order valence-corrected chi connectivity index (χ4v) is 5.70. The van der Waals surface area contributed by atoms with Gasteiger partial charge in [-0.3, -0.25) is 10.00 Å². The highest BCUT2D eigenvalue weighted by Gasteiger charge is 2.44. The number of hydrogen-bond acceptors (Lipinski definition) is 8. The minimum Gasteiger partial charge on any atom is -0.489 e. The first-order valence-electron chi connectivity index (χ1n) is 12.7. The van der Waals surface area contributed by atoms with E-state index in [0.29, 0.717) is 29.4 Å². The van der Waals surface area contributed by atoms with E-state index in [4.69, 9.17) is 14.5 Å². The third-order valence-corrected chi connectivity index (χ3v) is 7.55. The molecule has 3 saturated heterocycles. The fraction of sp³-hybridized carbons (Fsp3) is 0.333. The lowest BCUT2D eigenvalue weighted by atomic mass is 9.87. The van der Waals surface area contributed by atoms with Crippen LogP contribution in [-0.2, 0) is 6.54 Å². The number of hydrogen-bond donors (Lipinski definition) is 1. The molecule has 2 atom stereocenters. The van der Waals surface area contributed by atoms with E-state index < -0.39 is 6.67 Å². The summed E-state index contributed by atoms with van der Waals surface area (Å²) < 4.78 is 25.3. The van der Waals surface area contributed by atoms with E-state index in [2.05, 4.69) is 48.3 Å². The Kier molecular flexibility index (Phi) is 5.58. The maximum atomic E-state index is 12.8. The van der Waals surface area contributed by atoms with E-state index in [1.807, 2.05) is 24.5 Å². The number of nitrogens with zero attached hydrogens (tertiary/aromatic N) is 7. The lowest BCUT2D eigenvalue weighted by Gasteiger charge is -2.56. The number of H-pyrrole nitrogens is 1. The second-order valence-corrected chi connectivity index (χ2v) is 9.79. The molecule has 1 N–H and O–H groups in total. The average Bonchev–Trinajstić information content (AvgIpc) is 3.56. The van der Waals surface area contributed by atoms with Crippen LogP contribution < -0.4 is 14.4 Å². The van der Waals surface area contributed by atoms with E-state index in [1.54, 1.807) is 24.0 Å². The van der Waals surface area contributed by atoms with Crippen LogP contribution in [0.1, 0.15) is 12.0 Å². The summed E-state index contributed by atoms with van der Waals surface area (Å²) in [5.74, 6) is 2.16. The number of ether oxygens (including phenoxy) is 2. The molecule has 38 heavy (non-hydrogen) atoms. The van der Waals surface area contributed by atoms with Crippen molar-refractivity contribution in [3.05, 3.63) is 60.7 Å². The summed E-state index contributed by atoms with van der Waals surface area (Å²) in [7, 11) is 1.63. The zero-order valence-corrected chi connectivity index (χ0v) is 20.9. The van der Waals surface area contributed by atoms with E-state index in [9.17, 15) is 4.39 Å². The molecule has 2 bridgehead atoms.